The number of allylic oxidation sites excluding steroid dienone is 2. The summed E-state index contributed by atoms with van der Waals surface area (Å²) < 4.78 is 8.06. The van der Waals surface area contributed by atoms with Crippen LogP contribution >= 0.6 is 0 Å². The summed E-state index contributed by atoms with van der Waals surface area (Å²) >= 11 is 0. The Labute approximate surface area is 124 Å². The molecule has 0 amide bonds. The molecule has 114 valence electrons. The summed E-state index contributed by atoms with van der Waals surface area (Å²) in [4.78, 5) is 0. The Hall–Kier alpha value is -0.380. The Morgan fingerprint density at radius 2 is 1.45 bits per heavy atom. The molecule has 2 aliphatic heterocycles. The zero-order valence-electron chi connectivity index (χ0n) is 13.4. The minimum atomic E-state index is 0.957. The molecule has 0 aromatic heterocycles. The Kier molecular flexibility index (Phi) is 4.21. The number of quaternary nitrogens is 2. The maximum Gasteiger partial charge on any atom is 0.102 e. The lowest BCUT2D eigenvalue weighted by atomic mass is 9.86. The fraction of sp³-hybridized carbons (Fsp3) is 0.882. The normalized spacial score (nSPS) is 39.7. The van der Waals surface area contributed by atoms with Crippen LogP contribution in [0.25, 0.3) is 0 Å². The van der Waals surface area contributed by atoms with Crippen molar-refractivity contribution in [2.45, 2.75) is 19.3 Å². The van der Waals surface area contributed by atoms with Crippen molar-refractivity contribution < 1.29 is 13.7 Å². The monoisotopic (exact) mass is 280 g/mol. The first-order valence-corrected chi connectivity index (χ1v) is 8.49. The van der Waals surface area contributed by atoms with Gasteiger partial charge in [0.15, 0.2) is 0 Å². The summed E-state index contributed by atoms with van der Waals surface area (Å²) in [5.74, 6) is 1.94. The number of hydrogen-bond donors (Lipinski definition) is 0. The number of fused-ring (bicyclic) bond motifs is 1. The van der Waals surface area contributed by atoms with Gasteiger partial charge >= 0.3 is 0 Å². The van der Waals surface area contributed by atoms with Gasteiger partial charge in [0.1, 0.15) is 13.1 Å². The molecule has 2 fully saturated rings. The van der Waals surface area contributed by atoms with Crippen LogP contribution in [-0.4, -0.2) is 75.5 Å². The summed E-state index contributed by atoms with van der Waals surface area (Å²) in [5.41, 5.74) is 0. The second kappa shape index (κ2) is 5.78. The molecule has 3 aliphatic rings. The first-order valence-electron chi connectivity index (χ1n) is 8.49. The van der Waals surface area contributed by atoms with Crippen LogP contribution in [0.1, 0.15) is 19.3 Å². The van der Waals surface area contributed by atoms with Crippen LogP contribution in [0.3, 0.4) is 0 Å². The lowest BCUT2D eigenvalue weighted by Gasteiger charge is -2.38. The zero-order valence-corrected chi connectivity index (χ0v) is 13.4. The van der Waals surface area contributed by atoms with E-state index < -0.39 is 0 Å². The third kappa shape index (κ3) is 3.26. The van der Waals surface area contributed by atoms with Gasteiger partial charge in [-0.3, -0.25) is 0 Å². The van der Waals surface area contributed by atoms with Crippen molar-refractivity contribution in [1.82, 2.24) is 0 Å². The quantitative estimate of drug-likeness (QED) is 0.564. The molecule has 0 aromatic carbocycles. The van der Waals surface area contributed by atoms with Crippen molar-refractivity contribution in [3.05, 3.63) is 12.2 Å². The second-order valence-corrected chi connectivity index (χ2v) is 7.93. The third-order valence-corrected chi connectivity index (χ3v) is 6.01. The highest BCUT2D eigenvalue weighted by Crippen LogP contribution is 2.36. The predicted octanol–water partition coefficient (Wildman–Crippen LogP) is 1.90. The molecule has 0 aromatic rings. The molecule has 1 aliphatic carbocycles. The van der Waals surface area contributed by atoms with E-state index in [2.05, 4.69) is 26.2 Å². The Morgan fingerprint density at radius 1 is 0.900 bits per heavy atom. The van der Waals surface area contributed by atoms with E-state index in [0.717, 1.165) is 25.0 Å². The SMILES string of the molecule is C[N+]1(CCC[N+]2(C)C[C@H]3CC=CC[C@H]3C2)CCOCC1. The molecule has 0 N–H and O–H groups in total. The number of likely N-dealkylation sites (tertiary alicyclic amines) is 1. The number of ether oxygens (including phenoxy) is 1. The van der Waals surface area contributed by atoms with Gasteiger partial charge in [0, 0.05) is 18.3 Å². The van der Waals surface area contributed by atoms with Crippen molar-refractivity contribution >= 4 is 0 Å². The van der Waals surface area contributed by atoms with E-state index >= 15 is 0 Å². The minimum Gasteiger partial charge on any atom is -0.370 e. The van der Waals surface area contributed by atoms with Crippen LogP contribution in [0, 0.1) is 11.8 Å². The molecule has 0 spiro atoms. The Balaban J connectivity index is 1.46. The van der Waals surface area contributed by atoms with Gasteiger partial charge < -0.3 is 13.7 Å². The van der Waals surface area contributed by atoms with Crippen LogP contribution in [0.4, 0.5) is 0 Å². The van der Waals surface area contributed by atoms with Crippen molar-refractivity contribution in [3.63, 3.8) is 0 Å². The summed E-state index contributed by atoms with van der Waals surface area (Å²) in [6.07, 6.45) is 8.88. The third-order valence-electron chi connectivity index (χ3n) is 6.01. The Morgan fingerprint density at radius 3 is 2.05 bits per heavy atom. The van der Waals surface area contributed by atoms with E-state index in [1.54, 1.807) is 0 Å². The lowest BCUT2D eigenvalue weighted by molar-refractivity contribution is -0.928. The number of nitrogens with zero attached hydrogens (tertiary/aromatic N) is 2. The van der Waals surface area contributed by atoms with Crippen LogP contribution < -0.4 is 0 Å². The van der Waals surface area contributed by atoms with Crippen LogP contribution in [0.2, 0.25) is 0 Å². The van der Waals surface area contributed by atoms with Crippen LogP contribution in [0.5, 0.6) is 0 Å². The molecule has 2 saturated heterocycles. The lowest BCUT2D eigenvalue weighted by Crippen LogP contribution is -2.53. The molecule has 0 radical (unpaired) electrons. The van der Waals surface area contributed by atoms with E-state index in [-0.39, 0.29) is 0 Å². The fourth-order valence-electron chi connectivity index (χ4n) is 4.61. The molecule has 3 nitrogen and oxygen atoms in total. The minimum absolute atomic E-state index is 0.957. The average Bonchev–Trinajstić information content (AvgIpc) is 2.75. The topological polar surface area (TPSA) is 9.23 Å². The first-order chi connectivity index (χ1) is 9.59. The molecule has 0 bridgehead atoms. The predicted molar refractivity (Wildman–Crippen MR) is 82.4 cm³/mol. The maximum atomic E-state index is 5.50. The number of likely N-dealkylation sites (N-methyl/N-ethyl adjacent to an activating group) is 1. The smallest absolute Gasteiger partial charge is 0.102 e. The van der Waals surface area contributed by atoms with Crippen molar-refractivity contribution in [2.24, 2.45) is 11.8 Å². The van der Waals surface area contributed by atoms with Crippen molar-refractivity contribution in [1.29, 1.82) is 0 Å². The van der Waals surface area contributed by atoms with E-state index in [1.165, 1.54) is 67.5 Å². The highest BCUT2D eigenvalue weighted by molar-refractivity contribution is 4.96. The van der Waals surface area contributed by atoms with Crippen LogP contribution in [-0.2, 0) is 4.74 Å². The highest BCUT2D eigenvalue weighted by Gasteiger charge is 2.42. The van der Waals surface area contributed by atoms with Gasteiger partial charge in [0.2, 0.25) is 0 Å². The zero-order chi connectivity index (χ0) is 14.1. The molecular formula is C17H32N2O+2. The first kappa shape index (κ1) is 14.6. The molecular weight excluding hydrogens is 248 g/mol. The molecule has 2 heterocycles. The van der Waals surface area contributed by atoms with E-state index in [1.807, 2.05) is 0 Å². The fourth-order valence-corrected chi connectivity index (χ4v) is 4.61. The number of morpholine rings is 1. The molecule has 3 heteroatoms. The molecule has 0 saturated carbocycles. The molecule has 3 rings (SSSR count). The van der Waals surface area contributed by atoms with Gasteiger partial charge in [-0.2, -0.15) is 0 Å². The van der Waals surface area contributed by atoms with E-state index in [9.17, 15) is 0 Å². The Bertz CT molecular complexity index is 344. The highest BCUT2D eigenvalue weighted by atomic mass is 16.5. The number of hydrogen-bond acceptors (Lipinski definition) is 1. The summed E-state index contributed by atoms with van der Waals surface area (Å²) in [6.45, 7) is 9.88. The van der Waals surface area contributed by atoms with Crippen LogP contribution in [0.15, 0.2) is 12.2 Å². The maximum absolute atomic E-state index is 5.50. The van der Waals surface area contributed by atoms with Gasteiger partial charge in [-0.05, 0) is 12.8 Å². The molecule has 20 heavy (non-hydrogen) atoms. The van der Waals surface area contributed by atoms with Gasteiger partial charge in [-0.15, -0.1) is 0 Å². The van der Waals surface area contributed by atoms with Gasteiger partial charge in [0.25, 0.3) is 0 Å². The van der Waals surface area contributed by atoms with Gasteiger partial charge in [-0.25, -0.2) is 0 Å². The van der Waals surface area contributed by atoms with Crippen molar-refractivity contribution in [3.8, 4) is 0 Å². The second-order valence-electron chi connectivity index (χ2n) is 7.93. The summed E-state index contributed by atoms with van der Waals surface area (Å²) in [5, 5.41) is 0. The van der Waals surface area contributed by atoms with E-state index in [0.29, 0.717) is 0 Å². The van der Waals surface area contributed by atoms with E-state index in [4.69, 9.17) is 4.74 Å². The number of rotatable bonds is 4. The van der Waals surface area contributed by atoms with Crippen molar-refractivity contribution in [2.75, 3.05) is 66.6 Å². The average molecular weight is 280 g/mol. The molecule has 1 unspecified atom stereocenters. The van der Waals surface area contributed by atoms with Gasteiger partial charge in [-0.1, -0.05) is 12.2 Å². The summed E-state index contributed by atoms with van der Waals surface area (Å²) in [7, 11) is 4.91. The largest absolute Gasteiger partial charge is 0.370 e. The van der Waals surface area contributed by atoms with Gasteiger partial charge in [0.05, 0.1) is 53.5 Å². The standard InChI is InChI=1S/C17H32N2O/c1-18(10-12-20-13-11-18)8-5-9-19(2)14-16-6-3-4-7-17(16)15-19/h3-4,16-17H,5-15H2,1-2H3/q+2/t16-,17+,19?. The summed E-state index contributed by atoms with van der Waals surface area (Å²) in [6, 6.07) is 0. The molecule has 3 atom stereocenters.